The van der Waals surface area contributed by atoms with E-state index >= 15 is 0 Å². The maximum absolute atomic E-state index is 11.1. The average molecular weight is 378 g/mol. The van der Waals surface area contributed by atoms with Gasteiger partial charge in [-0.25, -0.2) is 13.1 Å². The summed E-state index contributed by atoms with van der Waals surface area (Å²) in [5.74, 6) is 1.77. The molecule has 2 aromatic heterocycles. The highest BCUT2D eigenvalue weighted by Gasteiger charge is 2.26. The van der Waals surface area contributed by atoms with E-state index in [1.165, 1.54) is 0 Å². The Labute approximate surface area is 146 Å². The van der Waals surface area contributed by atoms with Gasteiger partial charge < -0.3 is 14.3 Å². The number of piperazine rings is 1. The smallest absolute Gasteiger partial charge is 0.293 e. The number of likely N-dealkylation sites (N-methyl/N-ethyl adjacent to an activating group) is 1. The van der Waals surface area contributed by atoms with E-state index in [4.69, 9.17) is 8.94 Å². The first-order chi connectivity index (χ1) is 10.9. The maximum atomic E-state index is 11.1. The molecule has 3 heterocycles. The molecule has 3 rings (SSSR count). The lowest BCUT2D eigenvalue weighted by atomic mass is 10.2. The molecule has 9 nitrogen and oxygen atoms in total. The van der Waals surface area contributed by atoms with Crippen LogP contribution in [0.1, 0.15) is 17.6 Å². The second-order valence-electron chi connectivity index (χ2n) is 5.52. The van der Waals surface area contributed by atoms with Gasteiger partial charge in [-0.3, -0.25) is 4.90 Å². The van der Waals surface area contributed by atoms with Gasteiger partial charge in [-0.1, -0.05) is 5.16 Å². The molecular formula is C13H20ClN5O4S. The summed E-state index contributed by atoms with van der Waals surface area (Å²) in [5, 5.41) is 7.32. The number of hydrogen-bond donors (Lipinski definition) is 2. The number of furan rings is 1. The summed E-state index contributed by atoms with van der Waals surface area (Å²) >= 11 is 0. The third kappa shape index (κ3) is 4.54. The van der Waals surface area contributed by atoms with Crippen LogP contribution < -0.4 is 10.0 Å². The largest absolute Gasteiger partial charge is 0.455 e. The number of halogens is 1. The highest BCUT2D eigenvalue weighted by molar-refractivity contribution is 7.88. The summed E-state index contributed by atoms with van der Waals surface area (Å²) < 4.78 is 35.3. The maximum Gasteiger partial charge on any atom is 0.293 e. The zero-order valence-corrected chi connectivity index (χ0v) is 15.0. The van der Waals surface area contributed by atoms with Crippen molar-refractivity contribution >= 4 is 22.4 Å². The van der Waals surface area contributed by atoms with Crippen LogP contribution in [0.2, 0.25) is 0 Å². The van der Waals surface area contributed by atoms with Crippen molar-refractivity contribution in [3.05, 3.63) is 23.7 Å². The van der Waals surface area contributed by atoms with Crippen molar-refractivity contribution < 1.29 is 17.4 Å². The van der Waals surface area contributed by atoms with Gasteiger partial charge in [0.1, 0.15) is 5.76 Å². The SMILES string of the molecule is CN1CCNCC1c1noc(-c2ccc(CNS(C)(=O)=O)o2)n1.Cl. The predicted octanol–water partition coefficient (Wildman–Crippen LogP) is 0.377. The minimum absolute atomic E-state index is 0. The zero-order chi connectivity index (χ0) is 16.4. The molecule has 134 valence electrons. The van der Waals surface area contributed by atoms with Crippen molar-refractivity contribution in [2.24, 2.45) is 0 Å². The van der Waals surface area contributed by atoms with Crippen LogP contribution in [0.5, 0.6) is 0 Å². The molecule has 1 aliphatic rings. The second kappa shape index (κ2) is 7.62. The summed E-state index contributed by atoms with van der Waals surface area (Å²) in [7, 11) is -1.25. The van der Waals surface area contributed by atoms with E-state index in [0.717, 1.165) is 25.9 Å². The topological polar surface area (TPSA) is 114 Å². The fraction of sp³-hybridized carbons (Fsp3) is 0.538. The molecule has 2 N–H and O–H groups in total. The molecule has 0 saturated carbocycles. The fourth-order valence-electron chi connectivity index (χ4n) is 2.35. The summed E-state index contributed by atoms with van der Waals surface area (Å²) in [5.41, 5.74) is 0. The quantitative estimate of drug-likeness (QED) is 0.768. The molecule has 2 aromatic rings. The summed E-state index contributed by atoms with van der Waals surface area (Å²) in [6.07, 6.45) is 1.09. The lowest BCUT2D eigenvalue weighted by Gasteiger charge is -2.30. The highest BCUT2D eigenvalue weighted by atomic mass is 35.5. The number of sulfonamides is 1. The molecule has 0 radical (unpaired) electrons. The zero-order valence-electron chi connectivity index (χ0n) is 13.4. The van der Waals surface area contributed by atoms with Crippen molar-refractivity contribution in [2.45, 2.75) is 12.6 Å². The minimum atomic E-state index is -3.27. The highest BCUT2D eigenvalue weighted by Crippen LogP contribution is 2.24. The Bertz CT molecular complexity index is 775. The second-order valence-corrected chi connectivity index (χ2v) is 7.35. The Kier molecular flexibility index (Phi) is 5.99. The van der Waals surface area contributed by atoms with Crippen molar-refractivity contribution in [2.75, 3.05) is 32.9 Å². The van der Waals surface area contributed by atoms with Gasteiger partial charge in [-0.05, 0) is 19.2 Å². The van der Waals surface area contributed by atoms with Gasteiger partial charge in [0.15, 0.2) is 11.6 Å². The molecule has 0 amide bonds. The third-order valence-corrected chi connectivity index (χ3v) is 4.30. The van der Waals surface area contributed by atoms with Crippen molar-refractivity contribution in [1.82, 2.24) is 25.1 Å². The van der Waals surface area contributed by atoms with Crippen LogP contribution in [0.4, 0.5) is 0 Å². The van der Waals surface area contributed by atoms with Crippen molar-refractivity contribution in [3.63, 3.8) is 0 Å². The van der Waals surface area contributed by atoms with E-state index in [1.54, 1.807) is 12.1 Å². The van der Waals surface area contributed by atoms with E-state index < -0.39 is 10.0 Å². The van der Waals surface area contributed by atoms with Gasteiger partial charge in [-0.15, -0.1) is 12.4 Å². The first-order valence-electron chi connectivity index (χ1n) is 7.20. The van der Waals surface area contributed by atoms with Gasteiger partial charge in [0, 0.05) is 19.6 Å². The lowest BCUT2D eigenvalue weighted by Crippen LogP contribution is -2.44. The van der Waals surface area contributed by atoms with Gasteiger partial charge in [0.05, 0.1) is 18.8 Å². The molecule has 1 atom stereocenters. The monoisotopic (exact) mass is 377 g/mol. The fourth-order valence-corrected chi connectivity index (χ4v) is 2.76. The Morgan fingerprint density at radius 3 is 2.96 bits per heavy atom. The number of nitrogens with zero attached hydrogens (tertiary/aromatic N) is 3. The van der Waals surface area contributed by atoms with Gasteiger partial charge >= 0.3 is 0 Å². The Morgan fingerprint density at radius 1 is 1.46 bits per heavy atom. The van der Waals surface area contributed by atoms with E-state index in [-0.39, 0.29) is 30.9 Å². The van der Waals surface area contributed by atoms with Crippen molar-refractivity contribution in [3.8, 4) is 11.7 Å². The lowest BCUT2D eigenvalue weighted by molar-refractivity contribution is 0.190. The van der Waals surface area contributed by atoms with Crippen LogP contribution in [-0.2, 0) is 16.6 Å². The standard InChI is InChI=1S/C13H19N5O4S.ClH/c1-18-6-5-14-8-10(18)12-16-13(22-17-12)11-4-3-9(21-11)7-15-23(2,19)20;/h3-4,10,14-15H,5-8H2,1-2H3;1H. The number of rotatable bonds is 5. The van der Waals surface area contributed by atoms with Crippen LogP contribution in [0.3, 0.4) is 0 Å². The number of nitrogens with one attached hydrogen (secondary N) is 2. The Balaban J connectivity index is 0.00000208. The predicted molar refractivity (Wildman–Crippen MR) is 89.2 cm³/mol. The molecule has 0 aromatic carbocycles. The van der Waals surface area contributed by atoms with E-state index in [9.17, 15) is 8.42 Å². The van der Waals surface area contributed by atoms with Crippen molar-refractivity contribution in [1.29, 1.82) is 0 Å². The molecule has 1 aliphatic heterocycles. The Morgan fingerprint density at radius 2 is 2.25 bits per heavy atom. The van der Waals surface area contributed by atoms with E-state index in [1.807, 2.05) is 7.05 Å². The van der Waals surface area contributed by atoms with Crippen LogP contribution in [0.15, 0.2) is 21.1 Å². The van der Waals surface area contributed by atoms with Crippen LogP contribution in [0.25, 0.3) is 11.7 Å². The molecule has 0 bridgehead atoms. The summed E-state index contributed by atoms with van der Waals surface area (Å²) in [4.78, 5) is 6.55. The molecule has 1 fully saturated rings. The van der Waals surface area contributed by atoms with E-state index in [0.29, 0.717) is 17.3 Å². The first kappa shape index (κ1) is 18.9. The van der Waals surface area contributed by atoms with Crippen LogP contribution >= 0.6 is 12.4 Å². The van der Waals surface area contributed by atoms with Gasteiger partial charge in [0.2, 0.25) is 10.0 Å². The molecule has 1 unspecified atom stereocenters. The van der Waals surface area contributed by atoms with Gasteiger partial charge in [0.25, 0.3) is 5.89 Å². The summed E-state index contributed by atoms with van der Waals surface area (Å²) in [6.45, 7) is 2.69. The van der Waals surface area contributed by atoms with E-state index in [2.05, 4.69) is 25.1 Å². The average Bonchev–Trinajstić information content (AvgIpc) is 3.14. The first-order valence-corrected chi connectivity index (χ1v) is 9.10. The number of hydrogen-bond acceptors (Lipinski definition) is 8. The third-order valence-electron chi connectivity index (χ3n) is 3.63. The Hall–Kier alpha value is -1.46. The van der Waals surface area contributed by atoms with Crippen LogP contribution in [-0.4, -0.2) is 56.4 Å². The van der Waals surface area contributed by atoms with Gasteiger partial charge in [-0.2, -0.15) is 4.98 Å². The minimum Gasteiger partial charge on any atom is -0.455 e. The molecule has 0 aliphatic carbocycles. The molecule has 1 saturated heterocycles. The number of aromatic nitrogens is 2. The normalized spacial score (nSPS) is 19.2. The molecule has 24 heavy (non-hydrogen) atoms. The molecular weight excluding hydrogens is 358 g/mol. The van der Waals surface area contributed by atoms with Crippen LogP contribution in [0, 0.1) is 0 Å². The molecule has 0 spiro atoms. The molecule has 11 heteroatoms. The summed E-state index contributed by atoms with van der Waals surface area (Å²) in [6, 6.07) is 3.41.